The first-order chi connectivity index (χ1) is 24.5. The molecule has 0 spiro atoms. The van der Waals surface area contributed by atoms with E-state index in [-0.39, 0.29) is 135 Å². The number of aryl methyl sites for hydroxylation is 1. The van der Waals surface area contributed by atoms with Gasteiger partial charge in [-0.05, 0) is 66.4 Å². The van der Waals surface area contributed by atoms with E-state index >= 15 is 0 Å². The van der Waals surface area contributed by atoms with Gasteiger partial charge in [-0.3, -0.25) is 4.98 Å². The summed E-state index contributed by atoms with van der Waals surface area (Å²) in [5.74, 6) is -3.00. The Hall–Kier alpha value is -0.830. The maximum Gasteiger partial charge on any atom is 1.00 e. The SMILES string of the molecule is Cc1cc(S(=O)(=O)[O-])c(N=Nc2c(OS(=O)[O-])cc3cc(S(=O)(=O)[O-])cc(Nc4nc(Nc5ccc(Cl)c(S(=O)(=O)[O-])c5)[nH]c(=O)n4)c3c2O)cc1Cl.[Na+].[Na+].[Na+].[Na+]. The zero-order valence-electron chi connectivity index (χ0n) is 29.6. The number of rotatable bonds is 11. The van der Waals surface area contributed by atoms with E-state index in [1.54, 1.807) is 0 Å². The molecular formula is C26H15Cl2N7Na4O14S4. The Bertz CT molecular complexity index is 2820. The molecule has 1 unspecified atom stereocenters. The van der Waals surface area contributed by atoms with Crippen LogP contribution in [-0.2, 0) is 41.7 Å². The Labute approximate surface area is 423 Å². The van der Waals surface area contributed by atoms with Crippen LogP contribution in [0.4, 0.5) is 34.6 Å². The van der Waals surface area contributed by atoms with Gasteiger partial charge in [-0.2, -0.15) is 9.97 Å². The van der Waals surface area contributed by atoms with Gasteiger partial charge in [0.05, 0.1) is 25.4 Å². The van der Waals surface area contributed by atoms with Crippen LogP contribution in [0.15, 0.2) is 78.2 Å². The predicted octanol–water partition coefficient (Wildman–Crippen LogP) is -8.56. The smallest absolute Gasteiger partial charge is 0.744 e. The van der Waals surface area contributed by atoms with E-state index in [4.69, 9.17) is 23.2 Å². The third kappa shape index (κ3) is 13.6. The molecule has 21 nitrogen and oxygen atoms in total. The van der Waals surface area contributed by atoms with Crippen molar-refractivity contribution in [2.45, 2.75) is 21.6 Å². The van der Waals surface area contributed by atoms with E-state index in [1.807, 2.05) is 0 Å². The number of anilines is 4. The third-order valence-corrected chi connectivity index (χ3v) is 10.4. The number of hydrogen-bond acceptors (Lipinski definition) is 20. The van der Waals surface area contributed by atoms with Gasteiger partial charge in [0.2, 0.25) is 11.9 Å². The number of fused-ring (bicyclic) bond motifs is 1. The van der Waals surface area contributed by atoms with Crippen LogP contribution >= 0.6 is 23.2 Å². The number of benzene rings is 4. The van der Waals surface area contributed by atoms with Crippen molar-refractivity contribution in [3.05, 3.63) is 74.6 Å². The van der Waals surface area contributed by atoms with Gasteiger partial charge in [-0.25, -0.2) is 34.3 Å². The van der Waals surface area contributed by atoms with Gasteiger partial charge in [-0.1, -0.05) is 23.2 Å². The largest absolute Gasteiger partial charge is 1.00 e. The molecule has 4 aromatic carbocycles. The van der Waals surface area contributed by atoms with Gasteiger partial charge in [0, 0.05) is 16.1 Å². The molecular weight excluding hydrogens is 925 g/mol. The molecule has 0 radical (unpaired) electrons. The first-order valence-electron chi connectivity index (χ1n) is 13.5. The summed E-state index contributed by atoms with van der Waals surface area (Å²) in [5.41, 5.74) is -3.12. The van der Waals surface area contributed by atoms with Crippen LogP contribution in [-0.4, -0.2) is 67.7 Å². The summed E-state index contributed by atoms with van der Waals surface area (Å²) in [6, 6.07) is 7.09. The number of nitrogens with zero attached hydrogens (tertiary/aromatic N) is 4. The van der Waals surface area contributed by atoms with E-state index in [9.17, 15) is 57.6 Å². The van der Waals surface area contributed by atoms with Gasteiger partial charge in [0.25, 0.3) is 0 Å². The third-order valence-electron chi connectivity index (χ3n) is 6.70. The fraction of sp³-hybridized carbons (Fsp3) is 0.0385. The summed E-state index contributed by atoms with van der Waals surface area (Å²) in [6.07, 6.45) is 0. The zero-order valence-corrected chi connectivity index (χ0v) is 42.3. The molecule has 0 fully saturated rings. The average molecular weight is 941 g/mol. The van der Waals surface area contributed by atoms with Gasteiger partial charge < -0.3 is 38.1 Å². The van der Waals surface area contributed by atoms with Crippen molar-refractivity contribution in [2.75, 3.05) is 10.6 Å². The van der Waals surface area contributed by atoms with Crippen LogP contribution < -0.4 is 139 Å². The van der Waals surface area contributed by atoms with Crippen LogP contribution in [0, 0.1) is 6.92 Å². The molecule has 0 aliphatic rings. The van der Waals surface area contributed by atoms with Crippen LogP contribution in [0.1, 0.15) is 5.56 Å². The zero-order chi connectivity index (χ0) is 39.2. The number of aromatic hydroxyl groups is 1. The van der Waals surface area contributed by atoms with Crippen LogP contribution in [0.5, 0.6) is 11.5 Å². The first kappa shape index (κ1) is 54.2. The Balaban J connectivity index is 0.00000406. The number of hydrogen-bond donors (Lipinski definition) is 4. The Morgan fingerprint density at radius 2 is 1.46 bits per heavy atom. The molecule has 1 heterocycles. The van der Waals surface area contributed by atoms with Crippen molar-refractivity contribution >= 4 is 110 Å². The van der Waals surface area contributed by atoms with E-state index in [0.29, 0.717) is 12.1 Å². The number of phenolic OH excluding ortho intramolecular Hbond substituents is 1. The van der Waals surface area contributed by atoms with Gasteiger partial charge in [0.1, 0.15) is 47.4 Å². The van der Waals surface area contributed by atoms with Crippen molar-refractivity contribution in [3.63, 3.8) is 0 Å². The minimum absolute atomic E-state index is 0. The molecule has 5 rings (SSSR count). The number of nitrogens with one attached hydrogen (secondary N) is 3. The van der Waals surface area contributed by atoms with Gasteiger partial charge >= 0.3 is 124 Å². The number of aromatic nitrogens is 3. The quantitative estimate of drug-likeness (QED) is 0.0413. The molecule has 0 saturated heterocycles. The molecule has 0 aliphatic heterocycles. The molecule has 5 aromatic rings. The summed E-state index contributed by atoms with van der Waals surface area (Å²) >= 11 is 8.45. The summed E-state index contributed by atoms with van der Waals surface area (Å²) in [4.78, 5) is 19.5. The van der Waals surface area contributed by atoms with Crippen LogP contribution in [0.25, 0.3) is 10.8 Å². The molecule has 57 heavy (non-hydrogen) atoms. The molecule has 0 bridgehead atoms. The van der Waals surface area contributed by atoms with E-state index in [0.717, 1.165) is 30.3 Å². The monoisotopic (exact) mass is 939 g/mol. The summed E-state index contributed by atoms with van der Waals surface area (Å²) in [6.45, 7) is 1.38. The molecule has 0 amide bonds. The van der Waals surface area contributed by atoms with Crippen molar-refractivity contribution < 1.29 is 175 Å². The topological polar surface area (TPSA) is 349 Å². The standard InChI is InChI=1S/C26H19Cl2N7O14S4.4Na/c1-10-4-20(53(46,47)48)16(9-15(10)28)34-35-22-18(49-50(38)39)6-11-5-13(51(40,41)42)8-17(21(11)23(22)36)30-25-31-24(32-26(37)33-25)29-12-2-3-14(27)19(7-12)52(43,44)45;;;;/h2-9,36H,1H3,(H,38,39)(H,40,41,42)(H,43,44,45)(H,46,47,48)(H3,29,30,31,32,33,37);;;;/q;4*+1/p-4. The van der Waals surface area contributed by atoms with Crippen molar-refractivity contribution in [3.8, 4) is 11.5 Å². The molecule has 4 N–H and O–H groups in total. The van der Waals surface area contributed by atoms with E-state index in [2.05, 4.69) is 40.0 Å². The van der Waals surface area contributed by atoms with E-state index in [1.165, 1.54) is 13.0 Å². The molecule has 0 aliphatic carbocycles. The summed E-state index contributed by atoms with van der Waals surface area (Å²) < 4.78 is 134. The second-order valence-electron chi connectivity index (χ2n) is 10.3. The number of azo groups is 1. The fourth-order valence-electron chi connectivity index (χ4n) is 4.49. The van der Waals surface area contributed by atoms with Crippen LogP contribution in [0.2, 0.25) is 10.0 Å². The Morgan fingerprint density at radius 3 is 2.04 bits per heavy atom. The number of halogens is 2. The molecule has 31 heteroatoms. The number of aromatic amines is 1. The van der Waals surface area contributed by atoms with E-state index < -0.39 is 118 Å². The normalized spacial score (nSPS) is 12.1. The maximum absolute atomic E-state index is 12.5. The maximum atomic E-state index is 12.5. The molecule has 1 aromatic heterocycles. The van der Waals surface area contributed by atoms with Crippen LogP contribution in [0.3, 0.4) is 0 Å². The summed E-state index contributed by atoms with van der Waals surface area (Å²) in [5, 5.41) is 22.3. The van der Waals surface area contributed by atoms with Crippen molar-refractivity contribution in [1.82, 2.24) is 15.0 Å². The number of phenols is 1. The number of H-pyrrole nitrogens is 1. The Morgan fingerprint density at radius 1 is 0.825 bits per heavy atom. The first-order valence-corrected chi connectivity index (χ1v) is 19.5. The van der Waals surface area contributed by atoms with Gasteiger partial charge in [0.15, 0.2) is 17.2 Å². The minimum Gasteiger partial charge on any atom is -0.744 e. The average Bonchev–Trinajstić information content (AvgIpc) is 3.01. The molecule has 1 atom stereocenters. The second kappa shape index (κ2) is 21.3. The molecule has 0 saturated carbocycles. The van der Waals surface area contributed by atoms with Crippen molar-refractivity contribution in [1.29, 1.82) is 0 Å². The predicted molar refractivity (Wildman–Crippen MR) is 180 cm³/mol. The van der Waals surface area contributed by atoms with Crippen molar-refractivity contribution in [2.24, 2.45) is 10.2 Å². The molecule has 280 valence electrons. The Kier molecular flexibility index (Phi) is 20.3. The van der Waals surface area contributed by atoms with Gasteiger partial charge in [-0.15, -0.1) is 10.2 Å². The fourth-order valence-corrected chi connectivity index (χ4v) is 7.11. The second-order valence-corrected chi connectivity index (χ2v) is 15.7. The summed E-state index contributed by atoms with van der Waals surface area (Å²) in [7, 11) is -15.5. The minimum atomic E-state index is -5.30.